The zero-order valence-corrected chi connectivity index (χ0v) is 13.9. The van der Waals surface area contributed by atoms with E-state index in [1.807, 2.05) is 0 Å². The molecule has 8 heteroatoms. The van der Waals surface area contributed by atoms with Gasteiger partial charge in [-0.05, 0) is 24.1 Å². The number of nitriles is 1. The van der Waals surface area contributed by atoms with Gasteiger partial charge in [0.05, 0.1) is 10.7 Å². The van der Waals surface area contributed by atoms with Crippen molar-refractivity contribution < 1.29 is 14.7 Å². The Kier molecular flexibility index (Phi) is 6.89. The van der Waals surface area contributed by atoms with Crippen molar-refractivity contribution in [2.24, 2.45) is 5.92 Å². The summed E-state index contributed by atoms with van der Waals surface area (Å²) in [6.07, 6.45) is 1.16. The number of carboxylic acids is 1. The average molecular weight is 356 g/mol. The van der Waals surface area contributed by atoms with Gasteiger partial charge in [-0.1, -0.05) is 37.0 Å². The smallest absolute Gasteiger partial charge is 0.326 e. The zero-order chi connectivity index (χ0) is 17.6. The summed E-state index contributed by atoms with van der Waals surface area (Å²) in [7, 11) is 0. The molecule has 0 radical (unpaired) electrons. The van der Waals surface area contributed by atoms with Crippen molar-refractivity contribution in [3.05, 3.63) is 40.0 Å². The number of benzene rings is 1. The van der Waals surface area contributed by atoms with Gasteiger partial charge in [0.1, 0.15) is 17.7 Å². The number of nitrogens with one attached hydrogen (secondary N) is 2. The van der Waals surface area contributed by atoms with E-state index in [0.29, 0.717) is 15.7 Å². The maximum absolute atomic E-state index is 12.0. The number of amides is 1. The lowest BCUT2D eigenvalue weighted by Crippen LogP contribution is -2.44. The molecule has 1 unspecified atom stereocenters. The summed E-state index contributed by atoms with van der Waals surface area (Å²) in [5, 5.41) is 23.9. The van der Waals surface area contributed by atoms with Crippen LogP contribution in [0.25, 0.3) is 0 Å². The van der Waals surface area contributed by atoms with Crippen molar-refractivity contribution in [3.8, 4) is 6.07 Å². The summed E-state index contributed by atoms with van der Waals surface area (Å²) in [6, 6.07) is 5.31. The molecule has 0 saturated heterocycles. The van der Waals surface area contributed by atoms with Gasteiger partial charge in [-0.15, -0.1) is 0 Å². The summed E-state index contributed by atoms with van der Waals surface area (Å²) in [5.41, 5.74) is 0.179. The minimum Gasteiger partial charge on any atom is -0.480 e. The second kappa shape index (κ2) is 8.42. The van der Waals surface area contributed by atoms with E-state index in [4.69, 9.17) is 33.6 Å². The van der Waals surface area contributed by atoms with Crippen molar-refractivity contribution in [2.45, 2.75) is 19.9 Å². The second-order valence-electron chi connectivity index (χ2n) is 4.97. The largest absolute Gasteiger partial charge is 0.480 e. The molecule has 0 aliphatic rings. The lowest BCUT2D eigenvalue weighted by atomic mass is 10.0. The molecule has 0 aliphatic heterocycles. The van der Waals surface area contributed by atoms with E-state index in [-0.39, 0.29) is 11.5 Å². The minimum atomic E-state index is -1.17. The molecule has 3 N–H and O–H groups in total. The summed E-state index contributed by atoms with van der Waals surface area (Å²) in [6.45, 7) is 3.31. The molecule has 23 heavy (non-hydrogen) atoms. The predicted octanol–water partition coefficient (Wildman–Crippen LogP) is 3.04. The van der Waals surface area contributed by atoms with E-state index in [1.54, 1.807) is 32.0 Å². The Hall–Kier alpha value is -2.23. The van der Waals surface area contributed by atoms with E-state index in [1.165, 1.54) is 6.07 Å². The highest BCUT2D eigenvalue weighted by Crippen LogP contribution is 2.25. The molecule has 122 valence electrons. The Morgan fingerprint density at radius 3 is 2.48 bits per heavy atom. The zero-order valence-electron chi connectivity index (χ0n) is 12.4. The van der Waals surface area contributed by atoms with Gasteiger partial charge in [0.25, 0.3) is 5.91 Å². The molecule has 0 fully saturated rings. The highest BCUT2D eigenvalue weighted by atomic mass is 35.5. The topological polar surface area (TPSA) is 102 Å². The number of nitrogens with zero attached hydrogens (tertiary/aromatic N) is 1. The second-order valence-corrected chi connectivity index (χ2v) is 5.82. The molecule has 1 aromatic carbocycles. The quantitative estimate of drug-likeness (QED) is 0.537. The van der Waals surface area contributed by atoms with Gasteiger partial charge in [0, 0.05) is 11.2 Å². The normalized spacial score (nSPS) is 12.4. The molecule has 0 bridgehead atoms. The van der Waals surface area contributed by atoms with Crippen molar-refractivity contribution >= 4 is 40.8 Å². The molecule has 0 heterocycles. The molecule has 0 aromatic heterocycles. The van der Waals surface area contributed by atoms with Crippen molar-refractivity contribution in [1.29, 1.82) is 5.26 Å². The summed E-state index contributed by atoms with van der Waals surface area (Å²) in [4.78, 5) is 23.1. The van der Waals surface area contributed by atoms with Crippen molar-refractivity contribution in [1.82, 2.24) is 5.32 Å². The van der Waals surface area contributed by atoms with Crippen LogP contribution in [0.5, 0.6) is 0 Å². The first-order valence-corrected chi connectivity index (χ1v) is 7.37. The average Bonchev–Trinajstić information content (AvgIpc) is 2.46. The Labute approximate surface area is 143 Å². The van der Waals surface area contributed by atoms with Crippen LogP contribution in [0.1, 0.15) is 13.8 Å². The third-order valence-electron chi connectivity index (χ3n) is 2.89. The highest BCUT2D eigenvalue weighted by molar-refractivity contribution is 6.36. The molecule has 0 saturated carbocycles. The number of carboxylic acid groups (broad SMARTS) is 1. The number of hydrogen-bond acceptors (Lipinski definition) is 4. The van der Waals surface area contributed by atoms with Crippen LogP contribution >= 0.6 is 23.2 Å². The third kappa shape index (κ3) is 5.47. The van der Waals surface area contributed by atoms with Gasteiger partial charge in [-0.25, -0.2) is 4.79 Å². The summed E-state index contributed by atoms with van der Waals surface area (Å²) < 4.78 is 0. The van der Waals surface area contributed by atoms with Crippen molar-refractivity contribution in [2.75, 3.05) is 5.32 Å². The van der Waals surface area contributed by atoms with Gasteiger partial charge in [-0.3, -0.25) is 4.79 Å². The van der Waals surface area contributed by atoms with Crippen LogP contribution < -0.4 is 10.6 Å². The number of halogens is 2. The summed E-state index contributed by atoms with van der Waals surface area (Å²) in [5.74, 6) is -2.28. The molecule has 1 rings (SSSR count). The molecule has 6 nitrogen and oxygen atoms in total. The molecule has 1 amide bonds. The Morgan fingerprint density at radius 1 is 1.35 bits per heavy atom. The monoisotopic (exact) mass is 355 g/mol. The summed E-state index contributed by atoms with van der Waals surface area (Å²) >= 11 is 11.7. The van der Waals surface area contributed by atoms with Crippen LogP contribution in [0, 0.1) is 17.2 Å². The number of carbonyl (C=O) groups excluding carboxylic acids is 1. The third-order valence-corrected chi connectivity index (χ3v) is 3.44. The maximum atomic E-state index is 12.0. The fourth-order valence-corrected chi connectivity index (χ4v) is 2.10. The van der Waals surface area contributed by atoms with Crippen LogP contribution in [-0.4, -0.2) is 23.0 Å². The Morgan fingerprint density at radius 2 is 2.00 bits per heavy atom. The Balaban J connectivity index is 2.88. The van der Waals surface area contributed by atoms with Crippen LogP contribution in [0.2, 0.25) is 10.0 Å². The highest BCUT2D eigenvalue weighted by Gasteiger charge is 2.24. The van der Waals surface area contributed by atoms with Crippen LogP contribution in [-0.2, 0) is 9.59 Å². The fourth-order valence-electron chi connectivity index (χ4n) is 1.64. The molecule has 1 aromatic rings. The number of hydrogen-bond donors (Lipinski definition) is 3. The number of rotatable bonds is 6. The van der Waals surface area contributed by atoms with E-state index < -0.39 is 17.9 Å². The SMILES string of the molecule is CC(C)C(NC(=O)/C(C#N)=C\Nc1ccc(Cl)cc1Cl)C(=O)O. The maximum Gasteiger partial charge on any atom is 0.326 e. The lowest BCUT2D eigenvalue weighted by Gasteiger charge is -2.17. The van der Waals surface area contributed by atoms with E-state index in [2.05, 4.69) is 10.6 Å². The first-order valence-electron chi connectivity index (χ1n) is 6.61. The first kappa shape index (κ1) is 18.8. The first-order chi connectivity index (χ1) is 10.8. The molecule has 1 atom stereocenters. The fraction of sp³-hybridized carbons (Fsp3) is 0.267. The van der Waals surface area contributed by atoms with Gasteiger partial charge in [0.2, 0.25) is 0 Å². The van der Waals surface area contributed by atoms with Gasteiger partial charge in [0.15, 0.2) is 0 Å². The molecule has 0 spiro atoms. The van der Waals surface area contributed by atoms with Crippen LogP contribution in [0.15, 0.2) is 30.0 Å². The molecular weight excluding hydrogens is 341 g/mol. The van der Waals surface area contributed by atoms with Crippen LogP contribution in [0.4, 0.5) is 5.69 Å². The number of anilines is 1. The standard InChI is InChI=1S/C15H15Cl2N3O3/c1-8(2)13(15(22)23)20-14(21)9(6-18)7-19-12-4-3-10(16)5-11(12)17/h3-5,7-8,13,19H,1-2H3,(H,20,21)(H,22,23)/b9-7-. The Bertz CT molecular complexity index is 681. The van der Waals surface area contributed by atoms with E-state index >= 15 is 0 Å². The lowest BCUT2D eigenvalue weighted by molar-refractivity contribution is -0.142. The van der Waals surface area contributed by atoms with E-state index in [9.17, 15) is 9.59 Å². The predicted molar refractivity (Wildman–Crippen MR) is 88.2 cm³/mol. The van der Waals surface area contributed by atoms with Crippen LogP contribution in [0.3, 0.4) is 0 Å². The van der Waals surface area contributed by atoms with Gasteiger partial charge >= 0.3 is 5.97 Å². The minimum absolute atomic E-state index is 0.275. The molecular formula is C15H15Cl2N3O3. The van der Waals surface area contributed by atoms with Crippen molar-refractivity contribution in [3.63, 3.8) is 0 Å². The molecule has 0 aliphatic carbocycles. The van der Waals surface area contributed by atoms with Gasteiger partial charge < -0.3 is 15.7 Å². The van der Waals surface area contributed by atoms with E-state index in [0.717, 1.165) is 6.20 Å². The van der Waals surface area contributed by atoms with Gasteiger partial charge in [-0.2, -0.15) is 5.26 Å². The number of aliphatic carboxylic acids is 1. The number of carbonyl (C=O) groups is 2.